The Hall–Kier alpha value is -4.73. The van der Waals surface area contributed by atoms with Gasteiger partial charge in [0, 0.05) is 53.1 Å². The quantitative estimate of drug-likeness (QED) is 0.265. The summed E-state index contributed by atoms with van der Waals surface area (Å²) >= 11 is 0. The maximum absolute atomic E-state index is 13.6. The van der Waals surface area contributed by atoms with E-state index in [-0.39, 0.29) is 0 Å². The van der Waals surface area contributed by atoms with Gasteiger partial charge in [0.2, 0.25) is 5.95 Å². The summed E-state index contributed by atoms with van der Waals surface area (Å²) in [7, 11) is 0. The summed E-state index contributed by atoms with van der Waals surface area (Å²) < 4.78 is 42.5. The zero-order valence-electron chi connectivity index (χ0n) is 20.0. The topological polar surface area (TPSA) is 80.5 Å². The van der Waals surface area contributed by atoms with E-state index in [0.717, 1.165) is 23.3 Å². The summed E-state index contributed by atoms with van der Waals surface area (Å²) in [6, 6.07) is 14.8. The molecule has 2 aromatic carbocycles. The molecule has 186 valence electrons. The van der Waals surface area contributed by atoms with E-state index >= 15 is 0 Å². The molecule has 0 atom stereocenters. The standard InChI is InChI=1S/C27H22F3N7/c1-17-5-6-21(13-25(17)36-26-32-9-7-24(35-26)19-4-3-8-31-14-19)34-22-10-20(27(28,29)30)11-23(12-22)37-15-18(2)33-16-37/h3-16,34H,1-2H3,(H,32,35,36). The molecule has 3 heterocycles. The second-order valence-corrected chi connectivity index (χ2v) is 8.48. The minimum absolute atomic E-state index is 0.292. The smallest absolute Gasteiger partial charge is 0.355 e. The van der Waals surface area contributed by atoms with Gasteiger partial charge in [-0.2, -0.15) is 13.2 Å². The van der Waals surface area contributed by atoms with E-state index in [1.807, 2.05) is 25.1 Å². The molecular weight excluding hydrogens is 479 g/mol. The van der Waals surface area contributed by atoms with Crippen LogP contribution in [0.2, 0.25) is 0 Å². The lowest BCUT2D eigenvalue weighted by atomic mass is 10.1. The highest BCUT2D eigenvalue weighted by molar-refractivity contribution is 5.71. The first kappa shape index (κ1) is 24.0. The molecule has 5 rings (SSSR count). The molecule has 5 aromatic rings. The Morgan fingerprint density at radius 1 is 0.865 bits per heavy atom. The molecule has 37 heavy (non-hydrogen) atoms. The molecule has 7 nitrogen and oxygen atoms in total. The van der Waals surface area contributed by atoms with Gasteiger partial charge >= 0.3 is 6.18 Å². The molecule has 10 heteroatoms. The highest BCUT2D eigenvalue weighted by Gasteiger charge is 2.31. The molecule has 3 aromatic heterocycles. The van der Waals surface area contributed by atoms with Gasteiger partial charge in [-0.15, -0.1) is 0 Å². The third-order valence-corrected chi connectivity index (χ3v) is 5.64. The molecule has 0 amide bonds. The molecule has 0 saturated heterocycles. The van der Waals surface area contributed by atoms with Crippen LogP contribution in [-0.2, 0) is 6.18 Å². The molecule has 0 aliphatic rings. The fraction of sp³-hybridized carbons (Fsp3) is 0.111. The number of hydrogen-bond acceptors (Lipinski definition) is 6. The second-order valence-electron chi connectivity index (χ2n) is 8.48. The number of alkyl halides is 3. The fourth-order valence-corrected chi connectivity index (χ4v) is 3.77. The van der Waals surface area contributed by atoms with E-state index in [1.165, 1.54) is 6.33 Å². The van der Waals surface area contributed by atoms with Crippen LogP contribution in [0.3, 0.4) is 0 Å². The minimum atomic E-state index is -4.50. The van der Waals surface area contributed by atoms with Crippen molar-refractivity contribution < 1.29 is 13.2 Å². The van der Waals surface area contributed by atoms with Crippen LogP contribution in [0.4, 0.5) is 36.2 Å². The van der Waals surface area contributed by atoms with Crippen molar-refractivity contribution in [1.29, 1.82) is 0 Å². The number of halogens is 3. The summed E-state index contributed by atoms with van der Waals surface area (Å²) in [4.78, 5) is 17.1. The molecule has 0 radical (unpaired) electrons. The Balaban J connectivity index is 1.44. The Kier molecular flexibility index (Phi) is 6.31. The minimum Gasteiger partial charge on any atom is -0.355 e. The van der Waals surface area contributed by atoms with Crippen molar-refractivity contribution in [2.75, 3.05) is 10.6 Å². The van der Waals surface area contributed by atoms with Crippen LogP contribution in [0.5, 0.6) is 0 Å². The first-order valence-electron chi connectivity index (χ1n) is 11.4. The van der Waals surface area contributed by atoms with E-state index in [1.54, 1.807) is 60.5 Å². The third kappa shape index (κ3) is 5.58. The SMILES string of the molecule is Cc1cn(-c2cc(Nc3ccc(C)c(Nc4nccc(-c5cccnc5)n4)c3)cc(C(F)(F)F)c2)cn1. The highest BCUT2D eigenvalue weighted by atomic mass is 19.4. The lowest BCUT2D eigenvalue weighted by Crippen LogP contribution is -2.07. The maximum Gasteiger partial charge on any atom is 0.416 e. The Bertz CT molecular complexity index is 1550. The summed E-state index contributed by atoms with van der Waals surface area (Å²) in [5.74, 6) is 0.387. The van der Waals surface area contributed by atoms with Gasteiger partial charge in [-0.3, -0.25) is 4.98 Å². The molecule has 0 aliphatic heterocycles. The van der Waals surface area contributed by atoms with Crippen LogP contribution in [-0.4, -0.2) is 24.5 Å². The predicted molar refractivity (Wildman–Crippen MR) is 136 cm³/mol. The van der Waals surface area contributed by atoms with Crippen LogP contribution >= 0.6 is 0 Å². The van der Waals surface area contributed by atoms with Crippen molar-refractivity contribution in [3.8, 4) is 16.9 Å². The number of benzene rings is 2. The van der Waals surface area contributed by atoms with E-state index in [9.17, 15) is 13.2 Å². The van der Waals surface area contributed by atoms with Crippen LogP contribution in [0.25, 0.3) is 16.9 Å². The van der Waals surface area contributed by atoms with E-state index < -0.39 is 11.7 Å². The first-order valence-corrected chi connectivity index (χ1v) is 11.4. The number of anilines is 4. The first-order chi connectivity index (χ1) is 17.7. The third-order valence-electron chi connectivity index (χ3n) is 5.64. The zero-order chi connectivity index (χ0) is 26.0. The van der Waals surface area contributed by atoms with Gasteiger partial charge in [0.25, 0.3) is 0 Å². The number of aryl methyl sites for hydroxylation is 2. The van der Waals surface area contributed by atoms with Gasteiger partial charge in [-0.1, -0.05) is 6.07 Å². The molecule has 0 unspecified atom stereocenters. The van der Waals surface area contributed by atoms with Crippen LogP contribution < -0.4 is 10.6 Å². The number of aromatic nitrogens is 5. The van der Waals surface area contributed by atoms with Crippen LogP contribution in [0.1, 0.15) is 16.8 Å². The number of imidazole rings is 1. The fourth-order valence-electron chi connectivity index (χ4n) is 3.77. The van der Waals surface area contributed by atoms with Crippen molar-refractivity contribution in [2.45, 2.75) is 20.0 Å². The average molecular weight is 502 g/mol. The van der Waals surface area contributed by atoms with Gasteiger partial charge in [-0.05, 0) is 67.9 Å². The van der Waals surface area contributed by atoms with Crippen LogP contribution in [0.15, 0.2) is 85.7 Å². The van der Waals surface area contributed by atoms with Gasteiger partial charge < -0.3 is 15.2 Å². The lowest BCUT2D eigenvalue weighted by Gasteiger charge is -2.16. The Morgan fingerprint density at radius 2 is 1.73 bits per heavy atom. The highest BCUT2D eigenvalue weighted by Crippen LogP contribution is 2.34. The van der Waals surface area contributed by atoms with E-state index in [0.29, 0.717) is 40.1 Å². The largest absolute Gasteiger partial charge is 0.416 e. The number of pyridine rings is 1. The normalized spacial score (nSPS) is 11.4. The van der Waals surface area contributed by atoms with Crippen molar-refractivity contribution in [1.82, 2.24) is 24.5 Å². The monoisotopic (exact) mass is 501 g/mol. The lowest BCUT2D eigenvalue weighted by molar-refractivity contribution is -0.137. The summed E-state index contributed by atoms with van der Waals surface area (Å²) in [6.45, 7) is 3.70. The Morgan fingerprint density at radius 3 is 2.46 bits per heavy atom. The van der Waals surface area contributed by atoms with Gasteiger partial charge in [0.1, 0.15) is 0 Å². The predicted octanol–water partition coefficient (Wildman–Crippen LogP) is 6.85. The van der Waals surface area contributed by atoms with Crippen LogP contribution in [0, 0.1) is 13.8 Å². The number of nitrogens with zero attached hydrogens (tertiary/aromatic N) is 5. The van der Waals surface area contributed by atoms with Crippen molar-refractivity contribution in [3.63, 3.8) is 0 Å². The zero-order valence-corrected chi connectivity index (χ0v) is 20.0. The van der Waals surface area contributed by atoms with Gasteiger partial charge in [0.05, 0.1) is 23.3 Å². The molecule has 0 aliphatic carbocycles. The number of nitrogens with one attached hydrogen (secondary N) is 2. The Labute approximate surface area is 211 Å². The number of rotatable bonds is 6. The molecule has 0 spiro atoms. The summed E-state index contributed by atoms with van der Waals surface area (Å²) in [5, 5.41) is 6.31. The summed E-state index contributed by atoms with van der Waals surface area (Å²) in [5.41, 5.74) is 4.39. The van der Waals surface area contributed by atoms with Crippen molar-refractivity contribution in [2.24, 2.45) is 0 Å². The summed E-state index contributed by atoms with van der Waals surface area (Å²) in [6.07, 6.45) is 3.72. The van der Waals surface area contributed by atoms with Crippen molar-refractivity contribution in [3.05, 3.63) is 103 Å². The molecular formula is C27H22F3N7. The molecule has 0 fully saturated rings. The molecule has 2 N–H and O–H groups in total. The van der Waals surface area contributed by atoms with E-state index in [2.05, 4.69) is 30.6 Å². The average Bonchev–Trinajstić information content (AvgIpc) is 3.32. The molecule has 0 saturated carbocycles. The molecule has 0 bridgehead atoms. The van der Waals surface area contributed by atoms with Crippen molar-refractivity contribution >= 4 is 23.0 Å². The second kappa shape index (κ2) is 9.73. The number of hydrogen-bond donors (Lipinski definition) is 2. The van der Waals surface area contributed by atoms with Gasteiger partial charge in [-0.25, -0.2) is 15.0 Å². The van der Waals surface area contributed by atoms with E-state index in [4.69, 9.17) is 0 Å². The maximum atomic E-state index is 13.6. The van der Waals surface area contributed by atoms with Gasteiger partial charge in [0.15, 0.2) is 0 Å².